The quantitative estimate of drug-likeness (QED) is 0.0731. The van der Waals surface area contributed by atoms with Gasteiger partial charge in [0.05, 0.1) is 5.97 Å². The van der Waals surface area contributed by atoms with Crippen LogP contribution in [0.2, 0.25) is 0 Å². The number of nitrogens with zero attached hydrogens (tertiary/aromatic N) is 2. The summed E-state index contributed by atoms with van der Waals surface area (Å²) in [6, 6.07) is 8.06. The van der Waals surface area contributed by atoms with Crippen molar-refractivity contribution in [3.05, 3.63) is 46.0 Å². The summed E-state index contributed by atoms with van der Waals surface area (Å²) in [6.45, 7) is 1.20. The molecule has 0 saturated heterocycles. The summed E-state index contributed by atoms with van der Waals surface area (Å²) in [5, 5.41) is 48.6. The first-order valence-corrected chi connectivity index (χ1v) is 7.66. The molecule has 1 atom stereocenters. The fraction of sp³-hybridized carbons (Fsp3) is 0.182. The molecule has 1 aromatic rings. The zero-order valence-electron chi connectivity index (χ0n) is 15.0. The number of hydrogen-bond donors (Lipinski definition) is 3. The third kappa shape index (κ3) is 110. The van der Waals surface area contributed by atoms with Crippen LogP contribution in [0.3, 0.4) is 0 Å². The van der Waals surface area contributed by atoms with E-state index in [9.17, 15) is 14.7 Å². The van der Waals surface area contributed by atoms with Crippen molar-refractivity contribution >= 4 is 22.3 Å². The molecule has 0 aromatic heterocycles. The van der Waals surface area contributed by atoms with Crippen LogP contribution >= 0.6 is 0 Å². The van der Waals surface area contributed by atoms with Crippen molar-refractivity contribution in [2.75, 3.05) is 0 Å². The number of nitriles is 1. The molecule has 1 aromatic carbocycles. The van der Waals surface area contributed by atoms with E-state index in [-0.39, 0.29) is 117 Å². The van der Waals surface area contributed by atoms with Crippen LogP contribution in [0.15, 0.2) is 35.7 Å². The van der Waals surface area contributed by atoms with Gasteiger partial charge in [-0.05, 0) is 12.5 Å². The molecule has 33 heavy (non-hydrogen) atoms. The molecule has 0 bridgehead atoms. The number of carboxylic acids is 2. The second kappa shape index (κ2) is 49.9. The normalized spacial score (nSPS) is 7.42. The molecule has 0 saturated carbocycles. The summed E-state index contributed by atoms with van der Waals surface area (Å²) in [4.78, 5) is 27.5. The van der Waals surface area contributed by atoms with E-state index in [0.29, 0.717) is 0 Å². The zero-order valence-corrected chi connectivity index (χ0v) is 24.7. The molecule has 15 nitrogen and oxygen atoms in total. The molecule has 0 aliphatic carbocycles. The second-order valence-electron chi connectivity index (χ2n) is 3.25. The van der Waals surface area contributed by atoms with E-state index >= 15 is 0 Å². The Hall–Kier alpha value is 0.922. The third-order valence-electron chi connectivity index (χ3n) is 1.37. The summed E-state index contributed by atoms with van der Waals surface area (Å²) < 4.78 is 42.1. The van der Waals surface area contributed by atoms with Crippen molar-refractivity contribution in [1.82, 2.24) is 0 Å². The van der Waals surface area contributed by atoms with Gasteiger partial charge in [0.2, 0.25) is 0 Å². The number of carboxylic acid groups (broad SMARTS) is 2. The van der Waals surface area contributed by atoms with E-state index in [1.54, 1.807) is 39.2 Å². The third-order valence-corrected chi connectivity index (χ3v) is 1.37. The van der Waals surface area contributed by atoms with Gasteiger partial charge in [-0.1, -0.05) is 30.3 Å². The monoisotopic (exact) mass is 1050 g/mol. The molecule has 0 fully saturated rings. The summed E-state index contributed by atoms with van der Waals surface area (Å²) in [5.74, 6) is -2.31. The van der Waals surface area contributed by atoms with Gasteiger partial charge >= 0.3 is 120 Å². The maximum atomic E-state index is 10.1. The molecule has 1 unspecified atom stereocenters. The Morgan fingerprint density at radius 1 is 1.09 bits per heavy atom. The van der Waals surface area contributed by atoms with E-state index in [0.717, 1.165) is 11.6 Å². The Morgan fingerprint density at radius 3 is 1.36 bits per heavy atom. The van der Waals surface area contributed by atoms with Crippen LogP contribution in [-0.2, 0) is 151 Å². The molecular weight excluding hydrogens is 1050 g/mol. The van der Waals surface area contributed by atoms with Gasteiger partial charge in [0.1, 0.15) is 6.10 Å². The van der Waals surface area contributed by atoms with Gasteiger partial charge in [0.15, 0.2) is 0 Å². The summed E-state index contributed by atoms with van der Waals surface area (Å²) >= 11 is 1.70. The Bertz CT molecular complexity index is 669. The van der Waals surface area contributed by atoms with Crippen molar-refractivity contribution in [3.63, 3.8) is 0 Å². The number of rotatable bonds is 2. The molecule has 1 rings (SSSR count). The Labute approximate surface area is 278 Å². The first kappa shape index (κ1) is 64.2. The van der Waals surface area contributed by atoms with Crippen LogP contribution in [0.25, 0.3) is 0 Å². The number of benzene rings is 1. The molecule has 22 heteroatoms. The number of aromatic carboxylic acids is 1. The number of carbonyl (C=O) groups is 2. The van der Waals surface area contributed by atoms with Crippen LogP contribution in [0.1, 0.15) is 17.3 Å². The number of hydrogen-bond acceptors (Lipinski definition) is 14. The number of aliphatic hydroxyl groups excluding tert-OH is 2. The minimum absolute atomic E-state index is 0. The number of aliphatic hydroxyl groups is 2. The van der Waals surface area contributed by atoms with Crippen LogP contribution in [0.4, 0.5) is 0 Å². The maximum absolute atomic E-state index is 10.1. The van der Waals surface area contributed by atoms with Gasteiger partial charge in [0.25, 0.3) is 6.26 Å². The average molecular weight is 1060 g/mol. The number of carbonyl (C=O) groups excluding carboxylic acids is 1. The molecule has 216 valence electrons. The average Bonchev–Trinajstić information content (AvgIpc) is 2.58. The first-order chi connectivity index (χ1) is 12.8. The van der Waals surface area contributed by atoms with E-state index in [1.165, 1.54) is 19.1 Å². The van der Waals surface area contributed by atoms with Gasteiger partial charge < -0.3 is 44.4 Å². The number of aliphatic carboxylic acids is 1. The van der Waals surface area contributed by atoms with Gasteiger partial charge in [-0.25, -0.2) is 4.79 Å². The van der Waals surface area contributed by atoms with Gasteiger partial charge in [-0.15, -0.1) is 5.34 Å². The predicted octanol–water partition coefficient (Wildman–Crippen LogP) is -1.88. The fourth-order valence-corrected chi connectivity index (χ4v) is 0.574. The van der Waals surface area contributed by atoms with Crippen molar-refractivity contribution in [2.45, 2.75) is 13.0 Å². The van der Waals surface area contributed by atoms with E-state index < -0.39 is 28.4 Å². The topological polar surface area (TPSA) is 292 Å². The van der Waals surface area contributed by atoms with Crippen molar-refractivity contribution < 1.29 is 184 Å². The van der Waals surface area contributed by atoms with E-state index in [4.69, 9.17) is 51.5 Å². The fourth-order valence-electron chi connectivity index (χ4n) is 0.574. The summed E-state index contributed by atoms with van der Waals surface area (Å²) in [6.07, 6.45) is -0.481. The SMILES string of the molecule is CC(O)C(=O)O.N#CO.O=C([O-])c1ccccc1.O=N[O-].O=S(=O)([O-])[O-].[Ag+].[Ag+].[Ag+].[Ag+].[Ag].[O]=[Ag]. The first-order valence-electron chi connectivity index (χ1n) is 5.72. The van der Waals surface area contributed by atoms with Crippen molar-refractivity contribution in [3.8, 4) is 6.26 Å². The zero-order chi connectivity index (χ0) is 23.8. The van der Waals surface area contributed by atoms with Gasteiger partial charge in [-0.3, -0.25) is 8.42 Å². The van der Waals surface area contributed by atoms with Crippen LogP contribution in [0.5, 0.6) is 0 Å². The molecule has 0 spiro atoms. The van der Waals surface area contributed by atoms with Crippen LogP contribution < -0.4 is 5.11 Å². The van der Waals surface area contributed by atoms with Gasteiger partial charge in [-0.2, -0.15) is 5.26 Å². The standard InChI is InChI=1S/C7H6O2.C3H6O3.CHNO.6Ag.HNO2.H2O4S.O/c8-7(9)6-4-2-1-3-5-6;1-2(4)3(5)6;2-1-3;;;;;;;2-1-3;1-5(2,3)4;/h1-5H,(H,8,9);2,4H,1H3,(H,5,6);3H;;;;;;;(H,2,3);(H2,1,2,3,4);/q;;;;;4*+1;;;/p-4. The predicted molar refractivity (Wildman–Crippen MR) is 78.0 cm³/mol. The summed E-state index contributed by atoms with van der Waals surface area (Å²) in [7, 11) is -5.17. The van der Waals surface area contributed by atoms with E-state index in [1.807, 2.05) is 0 Å². The molecular formula is C11H12Ag6N2O13S. The molecule has 0 amide bonds. The second-order valence-corrected chi connectivity index (χ2v) is 4.07. The van der Waals surface area contributed by atoms with Gasteiger partial charge in [0, 0.05) is 32.8 Å². The Morgan fingerprint density at radius 2 is 1.27 bits per heavy atom. The molecule has 1 radical (unpaired) electrons. The minimum atomic E-state index is -5.17. The van der Waals surface area contributed by atoms with Crippen LogP contribution in [0, 0.1) is 21.6 Å². The Balaban J connectivity index is -0.0000000250. The molecule has 0 heterocycles. The Kier molecular flexibility index (Phi) is 97.2. The molecule has 0 aliphatic heterocycles. The van der Waals surface area contributed by atoms with Crippen LogP contribution in [-0.4, -0.2) is 50.9 Å². The van der Waals surface area contributed by atoms with Crippen molar-refractivity contribution in [1.29, 1.82) is 5.26 Å². The van der Waals surface area contributed by atoms with E-state index in [2.05, 4.69) is 0 Å². The summed E-state index contributed by atoms with van der Waals surface area (Å²) in [5.41, 5.74) is 0.220. The molecule has 0 aliphatic rings. The van der Waals surface area contributed by atoms with Crippen molar-refractivity contribution in [2.24, 2.45) is 5.34 Å². The molecule has 3 N–H and O–H groups in total.